The molecule has 7 heteroatoms. The number of allylic oxidation sites excluding steroid dienone is 1. The fraction of sp³-hybridized carbons (Fsp3) is 0.400. The summed E-state index contributed by atoms with van der Waals surface area (Å²) in [4.78, 5) is 34.3. The van der Waals surface area contributed by atoms with Gasteiger partial charge in [0.05, 0.1) is 5.92 Å². The van der Waals surface area contributed by atoms with Crippen LogP contribution >= 0.6 is 0 Å². The SMILES string of the molecule is C=C1C=C(C(NC(=O)OC(C)(C)C)C(N)=O)C=C[C@H]1C(=O)O. The van der Waals surface area contributed by atoms with Gasteiger partial charge in [-0.15, -0.1) is 0 Å². The minimum absolute atomic E-state index is 0.294. The van der Waals surface area contributed by atoms with Crippen molar-refractivity contribution in [1.82, 2.24) is 5.32 Å². The zero-order valence-corrected chi connectivity index (χ0v) is 12.8. The molecule has 120 valence electrons. The van der Waals surface area contributed by atoms with Crippen LogP contribution in [0.5, 0.6) is 0 Å². The van der Waals surface area contributed by atoms with Gasteiger partial charge in [0.25, 0.3) is 0 Å². The van der Waals surface area contributed by atoms with Crippen molar-refractivity contribution in [1.29, 1.82) is 0 Å². The van der Waals surface area contributed by atoms with E-state index in [9.17, 15) is 14.4 Å². The number of hydrogen-bond acceptors (Lipinski definition) is 4. The molecule has 0 saturated heterocycles. The largest absolute Gasteiger partial charge is 0.481 e. The molecule has 0 bridgehead atoms. The topological polar surface area (TPSA) is 119 Å². The maximum absolute atomic E-state index is 11.8. The van der Waals surface area contributed by atoms with Crippen molar-refractivity contribution >= 4 is 18.0 Å². The van der Waals surface area contributed by atoms with Gasteiger partial charge < -0.3 is 20.9 Å². The van der Waals surface area contributed by atoms with Crippen LogP contribution in [0.4, 0.5) is 4.79 Å². The standard InChI is InChI=1S/C15H20N2O5/c1-8-7-9(5-6-10(8)13(19)20)11(12(16)18)17-14(21)22-15(2,3)4/h5-7,10-11H,1H2,2-4H3,(H2,16,18)(H,17,21)(H,19,20)/t10-,11?/m1/s1. The number of carbonyl (C=O) groups excluding carboxylic acids is 2. The van der Waals surface area contributed by atoms with Gasteiger partial charge in [-0.2, -0.15) is 0 Å². The normalized spacial score (nSPS) is 19.1. The van der Waals surface area contributed by atoms with E-state index in [0.717, 1.165) is 0 Å². The molecule has 22 heavy (non-hydrogen) atoms. The average molecular weight is 308 g/mol. The molecule has 0 aromatic carbocycles. The molecule has 0 spiro atoms. The lowest BCUT2D eigenvalue weighted by molar-refractivity contribution is -0.138. The van der Waals surface area contributed by atoms with E-state index < -0.39 is 35.5 Å². The Balaban J connectivity index is 2.90. The zero-order chi connectivity index (χ0) is 17.1. The molecule has 1 aliphatic rings. The van der Waals surface area contributed by atoms with Gasteiger partial charge in [0, 0.05) is 0 Å². The van der Waals surface area contributed by atoms with E-state index in [-0.39, 0.29) is 0 Å². The summed E-state index contributed by atoms with van der Waals surface area (Å²) < 4.78 is 5.07. The molecular formula is C15H20N2O5. The van der Waals surface area contributed by atoms with Crippen LogP contribution in [0.2, 0.25) is 0 Å². The predicted molar refractivity (Wildman–Crippen MR) is 79.8 cm³/mol. The fourth-order valence-electron chi connectivity index (χ4n) is 1.85. The Hall–Kier alpha value is -2.57. The van der Waals surface area contributed by atoms with Gasteiger partial charge in [0.1, 0.15) is 11.6 Å². The molecule has 7 nitrogen and oxygen atoms in total. The van der Waals surface area contributed by atoms with Crippen molar-refractivity contribution in [2.45, 2.75) is 32.4 Å². The Morgan fingerprint density at radius 1 is 1.41 bits per heavy atom. The predicted octanol–water partition coefficient (Wildman–Crippen LogP) is 1.12. The van der Waals surface area contributed by atoms with Crippen molar-refractivity contribution in [2.24, 2.45) is 11.7 Å². The summed E-state index contributed by atoms with van der Waals surface area (Å²) in [5, 5.41) is 11.4. The smallest absolute Gasteiger partial charge is 0.408 e. The molecule has 1 unspecified atom stereocenters. The molecule has 1 aliphatic carbocycles. The minimum atomic E-state index is -1.13. The van der Waals surface area contributed by atoms with Gasteiger partial charge in [0.2, 0.25) is 5.91 Å². The molecule has 0 heterocycles. The van der Waals surface area contributed by atoms with Crippen molar-refractivity contribution in [2.75, 3.05) is 0 Å². The first-order valence-corrected chi connectivity index (χ1v) is 6.61. The van der Waals surface area contributed by atoms with E-state index in [1.165, 1.54) is 18.2 Å². The number of rotatable bonds is 4. The number of hydrogen-bond donors (Lipinski definition) is 3. The van der Waals surface area contributed by atoms with E-state index in [4.69, 9.17) is 15.6 Å². The van der Waals surface area contributed by atoms with Crippen LogP contribution in [-0.2, 0) is 14.3 Å². The van der Waals surface area contributed by atoms with Gasteiger partial charge in [0.15, 0.2) is 0 Å². The fourth-order valence-corrected chi connectivity index (χ4v) is 1.85. The van der Waals surface area contributed by atoms with Gasteiger partial charge in [-0.05, 0) is 31.9 Å². The van der Waals surface area contributed by atoms with Gasteiger partial charge >= 0.3 is 12.1 Å². The number of primary amides is 1. The van der Waals surface area contributed by atoms with Crippen LogP contribution in [0.15, 0.2) is 36.0 Å². The number of aliphatic carboxylic acids is 1. The third-order valence-corrected chi connectivity index (χ3v) is 2.78. The highest BCUT2D eigenvalue weighted by molar-refractivity contribution is 5.89. The Labute approximate surface area is 128 Å². The number of alkyl carbamates (subject to hydrolysis) is 1. The Kier molecular flexibility index (Phi) is 5.14. The number of carboxylic acids is 1. The van der Waals surface area contributed by atoms with E-state index >= 15 is 0 Å². The second-order valence-electron chi connectivity index (χ2n) is 5.88. The quantitative estimate of drug-likeness (QED) is 0.719. The van der Waals surface area contributed by atoms with E-state index in [2.05, 4.69) is 11.9 Å². The molecule has 0 radical (unpaired) electrons. The Morgan fingerprint density at radius 3 is 2.41 bits per heavy atom. The van der Waals surface area contributed by atoms with Crippen molar-refractivity contribution in [3.8, 4) is 0 Å². The van der Waals surface area contributed by atoms with Crippen molar-refractivity contribution < 1.29 is 24.2 Å². The molecule has 4 N–H and O–H groups in total. The van der Waals surface area contributed by atoms with Crippen LogP contribution in [0.1, 0.15) is 20.8 Å². The number of carbonyl (C=O) groups is 3. The van der Waals surface area contributed by atoms with E-state index in [0.29, 0.717) is 11.1 Å². The van der Waals surface area contributed by atoms with Gasteiger partial charge in [-0.3, -0.25) is 9.59 Å². The summed E-state index contributed by atoms with van der Waals surface area (Å²) in [6.07, 6.45) is 3.44. The summed E-state index contributed by atoms with van der Waals surface area (Å²) in [6, 6.07) is -1.13. The molecule has 0 aromatic heterocycles. The van der Waals surface area contributed by atoms with E-state index in [1.807, 2.05) is 0 Å². The Morgan fingerprint density at radius 2 is 2.00 bits per heavy atom. The summed E-state index contributed by atoms with van der Waals surface area (Å²) in [7, 11) is 0. The molecule has 2 atom stereocenters. The maximum atomic E-state index is 11.8. The third kappa shape index (κ3) is 4.76. The molecule has 0 saturated carbocycles. The molecule has 2 amide bonds. The van der Waals surface area contributed by atoms with Crippen molar-refractivity contribution in [3.63, 3.8) is 0 Å². The molecule has 0 fully saturated rings. The number of nitrogens with two attached hydrogens (primary N) is 1. The van der Waals surface area contributed by atoms with Crippen molar-refractivity contribution in [3.05, 3.63) is 36.0 Å². The summed E-state index contributed by atoms with van der Waals surface area (Å²) in [5.74, 6) is -2.70. The van der Waals surface area contributed by atoms with Crippen LogP contribution in [0.25, 0.3) is 0 Å². The lowest BCUT2D eigenvalue weighted by Crippen LogP contribution is -2.47. The lowest BCUT2D eigenvalue weighted by Gasteiger charge is -2.24. The highest BCUT2D eigenvalue weighted by Crippen LogP contribution is 2.23. The zero-order valence-electron chi connectivity index (χ0n) is 12.8. The summed E-state index contributed by atoms with van der Waals surface area (Å²) >= 11 is 0. The minimum Gasteiger partial charge on any atom is -0.481 e. The monoisotopic (exact) mass is 308 g/mol. The van der Waals surface area contributed by atoms with E-state index in [1.54, 1.807) is 20.8 Å². The lowest BCUT2D eigenvalue weighted by atomic mass is 9.89. The first-order valence-electron chi connectivity index (χ1n) is 6.61. The Bertz CT molecular complexity index is 569. The summed E-state index contributed by atoms with van der Waals surface area (Å²) in [5.41, 5.74) is 5.21. The third-order valence-electron chi connectivity index (χ3n) is 2.78. The first-order chi connectivity index (χ1) is 10.0. The molecule has 1 rings (SSSR count). The van der Waals surface area contributed by atoms with Crippen LogP contribution in [-0.4, -0.2) is 34.7 Å². The number of nitrogens with one attached hydrogen (secondary N) is 1. The highest BCUT2D eigenvalue weighted by Gasteiger charge is 2.28. The second kappa shape index (κ2) is 6.46. The van der Waals surface area contributed by atoms with Gasteiger partial charge in [-0.1, -0.05) is 24.8 Å². The number of amides is 2. The average Bonchev–Trinajstić information content (AvgIpc) is 2.32. The van der Waals surface area contributed by atoms with Gasteiger partial charge in [-0.25, -0.2) is 4.79 Å². The van der Waals surface area contributed by atoms with Crippen LogP contribution in [0, 0.1) is 5.92 Å². The second-order valence-corrected chi connectivity index (χ2v) is 5.88. The number of ether oxygens (including phenoxy) is 1. The van der Waals surface area contributed by atoms with Crippen LogP contribution in [0.3, 0.4) is 0 Å². The van der Waals surface area contributed by atoms with Crippen LogP contribution < -0.4 is 11.1 Å². The maximum Gasteiger partial charge on any atom is 0.408 e. The molecule has 0 aromatic rings. The molecular weight excluding hydrogens is 288 g/mol. The number of carboxylic acid groups (broad SMARTS) is 1. The summed E-state index contributed by atoms with van der Waals surface area (Å²) in [6.45, 7) is 8.70. The first kappa shape index (κ1) is 17.5. The highest BCUT2D eigenvalue weighted by atomic mass is 16.6. The molecule has 0 aliphatic heterocycles.